The number of hydrogen-bond acceptors (Lipinski definition) is 3. The van der Waals surface area contributed by atoms with Crippen molar-refractivity contribution in [1.82, 2.24) is 0 Å². The maximum absolute atomic E-state index is 13.2. The van der Waals surface area contributed by atoms with Gasteiger partial charge in [0, 0.05) is 5.92 Å². The molecule has 0 aliphatic carbocycles. The van der Waals surface area contributed by atoms with Gasteiger partial charge >= 0.3 is 5.97 Å². The van der Waals surface area contributed by atoms with Gasteiger partial charge in [0.05, 0.1) is 18.4 Å². The number of halogens is 2. The van der Waals surface area contributed by atoms with Crippen molar-refractivity contribution >= 4 is 11.7 Å². The molecular formula is C10H7F2NO2. The van der Waals surface area contributed by atoms with E-state index in [2.05, 4.69) is 4.74 Å². The highest BCUT2D eigenvalue weighted by Crippen LogP contribution is 2.17. The fourth-order valence-electron chi connectivity index (χ4n) is 0.848. The van der Waals surface area contributed by atoms with E-state index in [1.165, 1.54) is 0 Å². The summed E-state index contributed by atoms with van der Waals surface area (Å²) < 4.78 is 30.4. The fraction of sp³-hybridized carbons (Fsp3) is 0.100. The van der Waals surface area contributed by atoms with E-state index in [1.807, 2.05) is 11.8 Å². The summed E-state index contributed by atoms with van der Waals surface area (Å²) in [6, 6.07) is 2.05. The van der Waals surface area contributed by atoms with Crippen LogP contribution in [0, 0.1) is 23.5 Å². The number of rotatable bonds is 0. The second-order valence-corrected chi connectivity index (χ2v) is 2.57. The zero-order chi connectivity index (χ0) is 11.4. The Morgan fingerprint density at radius 1 is 1.47 bits per heavy atom. The van der Waals surface area contributed by atoms with Crippen LogP contribution in [0.1, 0.15) is 5.56 Å². The lowest BCUT2D eigenvalue weighted by molar-refractivity contribution is -0.133. The monoisotopic (exact) mass is 211 g/mol. The highest BCUT2D eigenvalue weighted by Gasteiger charge is 2.09. The van der Waals surface area contributed by atoms with E-state index in [4.69, 9.17) is 5.73 Å². The summed E-state index contributed by atoms with van der Waals surface area (Å²) in [5, 5.41) is 0. The van der Waals surface area contributed by atoms with Gasteiger partial charge in [-0.2, -0.15) is 0 Å². The van der Waals surface area contributed by atoms with Crippen LogP contribution in [0.4, 0.5) is 14.5 Å². The molecule has 0 unspecified atom stereocenters. The van der Waals surface area contributed by atoms with Crippen molar-refractivity contribution in [2.24, 2.45) is 0 Å². The van der Waals surface area contributed by atoms with Crippen LogP contribution in [0.2, 0.25) is 0 Å². The van der Waals surface area contributed by atoms with Crippen molar-refractivity contribution in [1.29, 1.82) is 0 Å². The first kappa shape index (κ1) is 11.0. The molecule has 1 aromatic rings. The summed E-state index contributed by atoms with van der Waals surface area (Å²) in [5.41, 5.74) is 4.43. The molecule has 78 valence electrons. The number of carbonyl (C=O) groups excluding carboxylic acids is 1. The summed E-state index contributed by atoms with van der Waals surface area (Å²) in [6.07, 6.45) is 0. The number of nitrogen functional groups attached to an aromatic ring is 1. The van der Waals surface area contributed by atoms with Gasteiger partial charge in [-0.3, -0.25) is 0 Å². The normalized spacial score (nSPS) is 9.00. The fourth-order valence-corrected chi connectivity index (χ4v) is 0.848. The smallest absolute Gasteiger partial charge is 0.384 e. The van der Waals surface area contributed by atoms with Gasteiger partial charge in [-0.05, 0) is 18.1 Å². The number of carbonyl (C=O) groups is 1. The number of anilines is 1. The lowest BCUT2D eigenvalue weighted by atomic mass is 10.2. The standard InChI is InChI=1S/C10H7F2NO2/c1-15-9(14)5-2-6-7(11)3-4-8(13)10(6)12/h3-4H,13H2,1H3. The molecule has 1 aromatic carbocycles. The van der Waals surface area contributed by atoms with Crippen LogP contribution in [0.5, 0.6) is 0 Å². The number of ether oxygens (including phenoxy) is 1. The topological polar surface area (TPSA) is 52.3 Å². The molecule has 0 radical (unpaired) electrons. The molecule has 0 aliphatic rings. The SMILES string of the molecule is COC(=O)C#Cc1c(F)ccc(N)c1F. The molecule has 0 aromatic heterocycles. The zero-order valence-electron chi connectivity index (χ0n) is 7.80. The van der Waals surface area contributed by atoms with Crippen LogP contribution < -0.4 is 5.73 Å². The Bertz CT molecular complexity index is 460. The van der Waals surface area contributed by atoms with Crippen molar-refractivity contribution in [2.45, 2.75) is 0 Å². The second kappa shape index (κ2) is 4.42. The number of hydrogen-bond donors (Lipinski definition) is 1. The van der Waals surface area contributed by atoms with E-state index in [9.17, 15) is 13.6 Å². The minimum absolute atomic E-state index is 0.231. The Morgan fingerprint density at radius 3 is 2.73 bits per heavy atom. The van der Waals surface area contributed by atoms with Gasteiger partial charge in [-0.25, -0.2) is 13.6 Å². The van der Waals surface area contributed by atoms with E-state index in [0.29, 0.717) is 0 Å². The lowest BCUT2D eigenvalue weighted by Gasteiger charge is -1.99. The zero-order valence-corrected chi connectivity index (χ0v) is 7.80. The molecule has 2 N–H and O–H groups in total. The molecule has 0 bridgehead atoms. The van der Waals surface area contributed by atoms with Crippen molar-refractivity contribution in [2.75, 3.05) is 12.8 Å². The van der Waals surface area contributed by atoms with Gasteiger partial charge in [-0.15, -0.1) is 0 Å². The van der Waals surface area contributed by atoms with Gasteiger partial charge in [0.1, 0.15) is 5.82 Å². The van der Waals surface area contributed by atoms with Gasteiger partial charge < -0.3 is 10.5 Å². The molecule has 0 fully saturated rings. The van der Waals surface area contributed by atoms with Crippen LogP contribution in [-0.2, 0) is 9.53 Å². The Morgan fingerprint density at radius 2 is 2.13 bits per heavy atom. The first-order valence-corrected chi connectivity index (χ1v) is 3.89. The van der Waals surface area contributed by atoms with E-state index in [0.717, 1.165) is 19.2 Å². The Labute approximate surface area is 84.8 Å². The summed E-state index contributed by atoms with van der Waals surface area (Å²) in [5.74, 6) is 1.19. The minimum atomic E-state index is -0.980. The summed E-state index contributed by atoms with van der Waals surface area (Å²) in [7, 11) is 1.11. The molecule has 0 atom stereocenters. The molecule has 0 saturated carbocycles. The molecule has 5 heteroatoms. The molecule has 3 nitrogen and oxygen atoms in total. The van der Waals surface area contributed by atoms with Crippen molar-refractivity contribution < 1.29 is 18.3 Å². The van der Waals surface area contributed by atoms with Crippen molar-refractivity contribution in [3.63, 3.8) is 0 Å². The number of nitrogens with two attached hydrogens (primary N) is 1. The molecule has 0 amide bonds. The average Bonchev–Trinajstić information content (AvgIpc) is 2.23. The maximum Gasteiger partial charge on any atom is 0.384 e. The molecule has 1 rings (SSSR count). The quantitative estimate of drug-likeness (QED) is 0.396. The van der Waals surface area contributed by atoms with Crippen molar-refractivity contribution in [3.05, 3.63) is 29.3 Å². The molecule has 0 heterocycles. The third-order valence-electron chi connectivity index (χ3n) is 1.60. The van der Waals surface area contributed by atoms with Crippen molar-refractivity contribution in [3.8, 4) is 11.8 Å². The lowest BCUT2D eigenvalue weighted by Crippen LogP contribution is -1.99. The van der Waals surface area contributed by atoms with Gasteiger partial charge in [0.15, 0.2) is 5.82 Å². The Hall–Kier alpha value is -2.09. The Balaban J connectivity index is 3.18. The molecule has 0 spiro atoms. The van der Waals surface area contributed by atoms with Gasteiger partial charge in [0.2, 0.25) is 0 Å². The van der Waals surface area contributed by atoms with E-state index in [1.54, 1.807) is 0 Å². The van der Waals surface area contributed by atoms with Crippen LogP contribution in [0.3, 0.4) is 0 Å². The molecular weight excluding hydrogens is 204 g/mol. The highest BCUT2D eigenvalue weighted by atomic mass is 19.1. The van der Waals surface area contributed by atoms with Crippen LogP contribution in [-0.4, -0.2) is 13.1 Å². The average molecular weight is 211 g/mol. The minimum Gasteiger partial charge on any atom is -0.459 e. The third-order valence-corrected chi connectivity index (χ3v) is 1.60. The largest absolute Gasteiger partial charge is 0.459 e. The van der Waals surface area contributed by atoms with Crippen LogP contribution in [0.15, 0.2) is 12.1 Å². The Kier molecular flexibility index (Phi) is 3.24. The van der Waals surface area contributed by atoms with Gasteiger partial charge in [0.25, 0.3) is 0 Å². The first-order chi connectivity index (χ1) is 7.06. The van der Waals surface area contributed by atoms with Crippen LogP contribution in [0.25, 0.3) is 0 Å². The van der Waals surface area contributed by atoms with E-state index < -0.39 is 23.2 Å². The number of benzene rings is 1. The molecule has 15 heavy (non-hydrogen) atoms. The summed E-state index contributed by atoms with van der Waals surface area (Å²) >= 11 is 0. The van der Waals surface area contributed by atoms with E-state index in [-0.39, 0.29) is 5.69 Å². The first-order valence-electron chi connectivity index (χ1n) is 3.89. The highest BCUT2D eigenvalue weighted by molar-refractivity contribution is 5.89. The number of methoxy groups -OCH3 is 1. The molecule has 0 saturated heterocycles. The second-order valence-electron chi connectivity index (χ2n) is 2.57. The predicted octanol–water partition coefficient (Wildman–Crippen LogP) is 1.07. The summed E-state index contributed by atoms with van der Waals surface area (Å²) in [4.78, 5) is 10.6. The maximum atomic E-state index is 13.2. The van der Waals surface area contributed by atoms with Crippen LogP contribution >= 0.6 is 0 Å². The van der Waals surface area contributed by atoms with Gasteiger partial charge in [-0.1, -0.05) is 0 Å². The number of esters is 1. The molecule has 0 aliphatic heterocycles. The summed E-state index contributed by atoms with van der Waals surface area (Å²) in [6.45, 7) is 0. The predicted molar refractivity (Wildman–Crippen MR) is 49.7 cm³/mol. The third kappa shape index (κ3) is 2.44. The van der Waals surface area contributed by atoms with E-state index >= 15 is 0 Å².